The fourth-order valence-electron chi connectivity index (χ4n) is 1.63. The molecular weight excluding hydrogens is 269 g/mol. The van der Waals surface area contributed by atoms with Gasteiger partial charge in [0.25, 0.3) is 0 Å². The van der Waals surface area contributed by atoms with Crippen molar-refractivity contribution >= 4 is 5.69 Å². The number of anilines is 1. The maximum Gasteiger partial charge on any atom is 0.416 e. The Hall–Kier alpha value is -2.15. The first-order chi connectivity index (χ1) is 9.36. The lowest BCUT2D eigenvalue weighted by molar-refractivity contribution is -0.137. The minimum absolute atomic E-state index is 0.133. The molecular formula is C13H15F3N4. The predicted molar refractivity (Wildman–Crippen MR) is 71.2 cm³/mol. The van der Waals surface area contributed by atoms with E-state index in [2.05, 4.69) is 16.2 Å². The van der Waals surface area contributed by atoms with Crippen molar-refractivity contribution in [2.75, 3.05) is 5.32 Å². The van der Waals surface area contributed by atoms with E-state index in [9.17, 15) is 13.2 Å². The highest BCUT2D eigenvalue weighted by Crippen LogP contribution is 2.29. The van der Waals surface area contributed by atoms with Crippen molar-refractivity contribution in [2.24, 2.45) is 5.73 Å². The summed E-state index contributed by atoms with van der Waals surface area (Å²) in [6, 6.07) is 4.67. The second-order valence-corrected chi connectivity index (χ2v) is 4.44. The summed E-state index contributed by atoms with van der Waals surface area (Å²) in [5.41, 5.74) is 12.2. The number of benzene rings is 1. The molecule has 0 aromatic heterocycles. The maximum atomic E-state index is 12.4. The summed E-state index contributed by atoms with van der Waals surface area (Å²) in [6.07, 6.45) is -0.766. The van der Waals surface area contributed by atoms with E-state index in [1.54, 1.807) is 12.2 Å². The summed E-state index contributed by atoms with van der Waals surface area (Å²) >= 11 is 0. The summed E-state index contributed by atoms with van der Waals surface area (Å²) in [5.74, 6) is 0.620. The number of halogens is 3. The van der Waals surface area contributed by atoms with Crippen LogP contribution in [0, 0.1) is 0 Å². The number of allylic oxidation sites excluding steroid dienone is 2. The Balaban J connectivity index is 2.05. The number of nitrogens with one attached hydrogen (secondary N) is 3. The molecule has 5 N–H and O–H groups in total. The monoisotopic (exact) mass is 284 g/mol. The van der Waals surface area contributed by atoms with Crippen LogP contribution in [-0.4, -0.2) is 6.04 Å². The van der Waals surface area contributed by atoms with E-state index >= 15 is 0 Å². The summed E-state index contributed by atoms with van der Waals surface area (Å²) in [6.45, 7) is 1.84. The van der Waals surface area contributed by atoms with Crippen LogP contribution in [-0.2, 0) is 6.18 Å². The molecule has 20 heavy (non-hydrogen) atoms. The number of alkyl halides is 3. The third kappa shape index (κ3) is 3.45. The Kier molecular flexibility index (Phi) is 3.89. The highest BCUT2D eigenvalue weighted by molar-refractivity contribution is 5.50. The normalized spacial score (nSPS) is 16.4. The Bertz CT molecular complexity index is 530. The van der Waals surface area contributed by atoms with Gasteiger partial charge in [0, 0.05) is 17.4 Å². The fourth-order valence-corrected chi connectivity index (χ4v) is 1.63. The number of nitrogens with two attached hydrogens (primary N) is 1. The summed E-state index contributed by atoms with van der Waals surface area (Å²) in [5, 5.41) is 2.95. The van der Waals surface area contributed by atoms with Crippen molar-refractivity contribution in [3.8, 4) is 0 Å². The van der Waals surface area contributed by atoms with Crippen LogP contribution in [0.5, 0.6) is 0 Å². The second kappa shape index (κ2) is 5.46. The van der Waals surface area contributed by atoms with Crippen LogP contribution < -0.4 is 21.9 Å². The van der Waals surface area contributed by atoms with Gasteiger partial charge in [-0.05, 0) is 43.3 Å². The van der Waals surface area contributed by atoms with Gasteiger partial charge in [0.15, 0.2) is 0 Å². The van der Waals surface area contributed by atoms with Gasteiger partial charge in [-0.1, -0.05) is 0 Å². The van der Waals surface area contributed by atoms with Crippen molar-refractivity contribution < 1.29 is 13.2 Å². The minimum Gasteiger partial charge on any atom is -0.341 e. The van der Waals surface area contributed by atoms with Gasteiger partial charge in [-0.2, -0.15) is 13.2 Å². The highest BCUT2D eigenvalue weighted by atomic mass is 19.4. The number of hydrogen-bond acceptors (Lipinski definition) is 4. The first-order valence-electron chi connectivity index (χ1n) is 6.00. The van der Waals surface area contributed by atoms with Gasteiger partial charge in [0.1, 0.15) is 5.82 Å². The van der Waals surface area contributed by atoms with Crippen molar-refractivity contribution in [1.82, 2.24) is 10.9 Å². The fraction of sp³-hybridized carbons (Fsp3) is 0.231. The molecule has 0 saturated heterocycles. The van der Waals surface area contributed by atoms with Crippen molar-refractivity contribution in [1.29, 1.82) is 0 Å². The SMILES string of the molecule is CC(N)C1=CC=C(Nc2ccc(C(F)(F)F)cc2)NN1. The number of rotatable bonds is 3. The van der Waals surface area contributed by atoms with Gasteiger partial charge in [0.2, 0.25) is 0 Å². The average molecular weight is 284 g/mol. The molecule has 2 rings (SSSR count). The third-order valence-corrected chi connectivity index (χ3v) is 2.75. The average Bonchev–Trinajstić information content (AvgIpc) is 2.39. The minimum atomic E-state index is -4.32. The third-order valence-electron chi connectivity index (χ3n) is 2.75. The van der Waals surface area contributed by atoms with E-state index in [-0.39, 0.29) is 6.04 Å². The largest absolute Gasteiger partial charge is 0.416 e. The number of hydrazine groups is 1. The molecule has 1 aromatic carbocycles. The van der Waals surface area contributed by atoms with E-state index in [0.717, 1.165) is 17.8 Å². The Morgan fingerprint density at radius 1 is 1.10 bits per heavy atom. The maximum absolute atomic E-state index is 12.4. The standard InChI is InChI=1S/C13H15F3N4/c1-8(17)11-6-7-12(20-19-11)18-10-4-2-9(3-5-10)13(14,15)16/h2-8,18-20H,17H2,1H3. The first-order valence-corrected chi connectivity index (χ1v) is 6.00. The molecule has 108 valence electrons. The Morgan fingerprint density at radius 3 is 2.20 bits per heavy atom. The summed E-state index contributed by atoms with van der Waals surface area (Å²) in [4.78, 5) is 0. The molecule has 1 heterocycles. The predicted octanol–water partition coefficient (Wildman–Crippen LogP) is 2.30. The van der Waals surface area contributed by atoms with Gasteiger partial charge in [-0.15, -0.1) is 0 Å². The molecule has 0 fully saturated rings. The van der Waals surface area contributed by atoms with Crippen molar-refractivity contribution in [3.63, 3.8) is 0 Å². The Morgan fingerprint density at radius 2 is 1.75 bits per heavy atom. The van der Waals surface area contributed by atoms with Crippen molar-refractivity contribution in [2.45, 2.75) is 19.1 Å². The second-order valence-electron chi connectivity index (χ2n) is 4.44. The molecule has 1 aliphatic heterocycles. The van der Waals surface area contributed by atoms with Crippen LogP contribution in [0.2, 0.25) is 0 Å². The van der Waals surface area contributed by atoms with Gasteiger partial charge in [-0.25, -0.2) is 0 Å². The molecule has 4 nitrogen and oxygen atoms in total. The molecule has 1 unspecified atom stereocenters. The van der Waals surface area contributed by atoms with Crippen LogP contribution in [0.4, 0.5) is 18.9 Å². The molecule has 0 spiro atoms. The smallest absolute Gasteiger partial charge is 0.341 e. The van der Waals surface area contributed by atoms with E-state index in [0.29, 0.717) is 11.5 Å². The molecule has 7 heteroatoms. The lowest BCUT2D eigenvalue weighted by Crippen LogP contribution is -2.41. The Labute approximate surface area is 114 Å². The summed E-state index contributed by atoms with van der Waals surface area (Å²) < 4.78 is 37.3. The molecule has 1 atom stereocenters. The van der Waals surface area contributed by atoms with Gasteiger partial charge in [0.05, 0.1) is 5.56 Å². The zero-order valence-electron chi connectivity index (χ0n) is 10.8. The van der Waals surface area contributed by atoms with Crippen LogP contribution >= 0.6 is 0 Å². The highest BCUT2D eigenvalue weighted by Gasteiger charge is 2.29. The molecule has 1 aliphatic rings. The summed E-state index contributed by atoms with van der Waals surface area (Å²) in [7, 11) is 0. The molecule has 0 bridgehead atoms. The van der Waals surface area contributed by atoms with Gasteiger partial charge < -0.3 is 16.5 Å². The van der Waals surface area contributed by atoms with Gasteiger partial charge in [-0.3, -0.25) is 5.43 Å². The lowest BCUT2D eigenvalue weighted by atomic mass is 10.2. The van der Waals surface area contributed by atoms with E-state index in [4.69, 9.17) is 5.73 Å². The molecule has 0 amide bonds. The lowest BCUT2D eigenvalue weighted by Gasteiger charge is -2.22. The number of hydrogen-bond donors (Lipinski definition) is 4. The van der Waals surface area contributed by atoms with E-state index in [1.807, 2.05) is 6.92 Å². The van der Waals surface area contributed by atoms with Crippen molar-refractivity contribution in [3.05, 3.63) is 53.5 Å². The van der Waals surface area contributed by atoms with Gasteiger partial charge >= 0.3 is 6.18 Å². The zero-order chi connectivity index (χ0) is 14.8. The quantitative estimate of drug-likeness (QED) is 0.688. The van der Waals surface area contributed by atoms with Crippen LogP contribution in [0.25, 0.3) is 0 Å². The zero-order valence-corrected chi connectivity index (χ0v) is 10.8. The molecule has 1 aromatic rings. The van der Waals surface area contributed by atoms with E-state index < -0.39 is 11.7 Å². The van der Waals surface area contributed by atoms with Crippen LogP contribution in [0.1, 0.15) is 12.5 Å². The van der Waals surface area contributed by atoms with E-state index in [1.165, 1.54) is 12.1 Å². The van der Waals surface area contributed by atoms with Crippen LogP contribution in [0.3, 0.4) is 0 Å². The first kappa shape index (κ1) is 14.3. The molecule has 0 saturated carbocycles. The molecule has 0 aliphatic carbocycles. The molecule has 0 radical (unpaired) electrons. The van der Waals surface area contributed by atoms with Crippen LogP contribution in [0.15, 0.2) is 47.9 Å². The topological polar surface area (TPSA) is 62.1 Å².